The summed E-state index contributed by atoms with van der Waals surface area (Å²) in [4.78, 5) is 7.72. The minimum atomic E-state index is 0.270. The third-order valence-corrected chi connectivity index (χ3v) is 1.99. The van der Waals surface area contributed by atoms with Crippen molar-refractivity contribution >= 4 is 5.95 Å². The predicted octanol–water partition coefficient (Wildman–Crippen LogP) is 0.990. The van der Waals surface area contributed by atoms with Crippen LogP contribution in [0.1, 0.15) is 19.3 Å². The lowest BCUT2D eigenvalue weighted by Gasteiger charge is -2.25. The summed E-state index contributed by atoms with van der Waals surface area (Å²) in [6.45, 7) is 0. The average Bonchev–Trinajstić information content (AvgIpc) is 1.97. The molecule has 1 heterocycles. The van der Waals surface area contributed by atoms with Crippen molar-refractivity contribution in [1.29, 1.82) is 0 Å². The lowest BCUT2D eigenvalue weighted by Crippen LogP contribution is -2.25. The van der Waals surface area contributed by atoms with Crippen LogP contribution in [0, 0.1) is 0 Å². The minimum Gasteiger partial charge on any atom is -0.474 e. The van der Waals surface area contributed by atoms with Gasteiger partial charge in [0.2, 0.25) is 11.8 Å². The number of ether oxygens (including phenoxy) is 1. The maximum Gasteiger partial charge on any atom is 0.223 e. The maximum absolute atomic E-state index is 5.50. The molecule has 0 amide bonds. The largest absolute Gasteiger partial charge is 0.474 e. The summed E-state index contributed by atoms with van der Waals surface area (Å²) in [7, 11) is 0. The Morgan fingerprint density at radius 1 is 1.50 bits per heavy atom. The van der Waals surface area contributed by atoms with E-state index in [1.807, 2.05) is 0 Å². The normalized spacial score (nSPS) is 17.0. The summed E-state index contributed by atoms with van der Waals surface area (Å²) in [5, 5.41) is 0. The van der Waals surface area contributed by atoms with Gasteiger partial charge in [-0.15, -0.1) is 0 Å². The quantitative estimate of drug-likeness (QED) is 0.709. The smallest absolute Gasteiger partial charge is 0.223 e. The van der Waals surface area contributed by atoms with Gasteiger partial charge in [-0.1, -0.05) is 0 Å². The van der Waals surface area contributed by atoms with E-state index in [4.69, 9.17) is 10.5 Å². The molecule has 2 rings (SSSR count). The van der Waals surface area contributed by atoms with Crippen LogP contribution in [0.15, 0.2) is 12.3 Å². The Morgan fingerprint density at radius 2 is 2.33 bits per heavy atom. The third kappa shape index (κ3) is 1.47. The van der Waals surface area contributed by atoms with Gasteiger partial charge < -0.3 is 10.5 Å². The molecule has 0 spiro atoms. The molecular formula is C8H11N3O. The van der Waals surface area contributed by atoms with E-state index in [2.05, 4.69) is 9.97 Å². The van der Waals surface area contributed by atoms with Crippen LogP contribution < -0.4 is 10.5 Å². The number of hydrogen-bond donors (Lipinski definition) is 1. The van der Waals surface area contributed by atoms with E-state index < -0.39 is 0 Å². The molecule has 1 aliphatic carbocycles. The number of anilines is 1. The van der Waals surface area contributed by atoms with Gasteiger partial charge in [-0.05, 0) is 19.3 Å². The van der Waals surface area contributed by atoms with Crippen LogP contribution in [-0.2, 0) is 0 Å². The summed E-state index contributed by atoms with van der Waals surface area (Å²) in [5.74, 6) is 0.860. The van der Waals surface area contributed by atoms with E-state index >= 15 is 0 Å². The molecule has 12 heavy (non-hydrogen) atoms. The van der Waals surface area contributed by atoms with Crippen LogP contribution in [0.4, 0.5) is 5.95 Å². The van der Waals surface area contributed by atoms with Gasteiger partial charge in [-0.2, -0.15) is 4.98 Å². The zero-order valence-corrected chi connectivity index (χ0v) is 6.73. The van der Waals surface area contributed by atoms with Gasteiger partial charge in [-0.25, -0.2) is 4.98 Å². The maximum atomic E-state index is 5.50. The van der Waals surface area contributed by atoms with Crippen molar-refractivity contribution in [2.75, 3.05) is 5.73 Å². The number of nitrogens with zero attached hydrogens (tertiary/aromatic N) is 2. The van der Waals surface area contributed by atoms with Crippen molar-refractivity contribution in [2.45, 2.75) is 25.4 Å². The number of hydrogen-bond acceptors (Lipinski definition) is 4. The second kappa shape index (κ2) is 2.97. The van der Waals surface area contributed by atoms with Gasteiger partial charge in [0.1, 0.15) is 6.10 Å². The molecule has 1 aromatic rings. The van der Waals surface area contributed by atoms with Crippen LogP contribution in [-0.4, -0.2) is 16.1 Å². The van der Waals surface area contributed by atoms with Crippen LogP contribution in [0.2, 0.25) is 0 Å². The molecule has 1 fully saturated rings. The van der Waals surface area contributed by atoms with Crippen molar-refractivity contribution < 1.29 is 4.74 Å². The first-order valence-corrected chi connectivity index (χ1v) is 4.10. The first kappa shape index (κ1) is 7.34. The topological polar surface area (TPSA) is 61.0 Å². The lowest BCUT2D eigenvalue weighted by atomic mass is 9.96. The number of aromatic nitrogens is 2. The summed E-state index contributed by atoms with van der Waals surface area (Å²) >= 11 is 0. The van der Waals surface area contributed by atoms with Crippen molar-refractivity contribution in [3.63, 3.8) is 0 Å². The number of nitrogen functional groups attached to an aromatic ring is 1. The average molecular weight is 165 g/mol. The predicted molar refractivity (Wildman–Crippen MR) is 44.7 cm³/mol. The molecule has 0 bridgehead atoms. The van der Waals surface area contributed by atoms with E-state index in [0.29, 0.717) is 12.0 Å². The van der Waals surface area contributed by atoms with Crippen LogP contribution in [0.3, 0.4) is 0 Å². The summed E-state index contributed by atoms with van der Waals surface area (Å²) in [5.41, 5.74) is 5.39. The Bertz CT molecular complexity index is 273. The summed E-state index contributed by atoms with van der Waals surface area (Å²) < 4.78 is 5.50. The fourth-order valence-electron chi connectivity index (χ4n) is 1.08. The molecule has 2 N–H and O–H groups in total. The van der Waals surface area contributed by atoms with E-state index in [1.54, 1.807) is 12.3 Å². The standard InChI is InChI=1S/C8H11N3O/c9-8-10-5-4-7(11-8)12-6-2-1-3-6/h4-6H,1-3H2,(H2,9,10,11). The molecule has 64 valence electrons. The SMILES string of the molecule is Nc1nccc(OC2CCC2)n1. The fourth-order valence-corrected chi connectivity index (χ4v) is 1.08. The monoisotopic (exact) mass is 165 g/mol. The Hall–Kier alpha value is -1.32. The van der Waals surface area contributed by atoms with Gasteiger partial charge in [-0.3, -0.25) is 0 Å². The molecule has 1 aliphatic rings. The van der Waals surface area contributed by atoms with Crippen LogP contribution >= 0.6 is 0 Å². The molecule has 0 radical (unpaired) electrons. The second-order valence-corrected chi connectivity index (χ2v) is 2.92. The Labute approximate surface area is 70.8 Å². The second-order valence-electron chi connectivity index (χ2n) is 2.92. The van der Waals surface area contributed by atoms with Crippen molar-refractivity contribution in [3.8, 4) is 5.88 Å². The molecule has 1 aromatic heterocycles. The van der Waals surface area contributed by atoms with Gasteiger partial charge in [0.25, 0.3) is 0 Å². The highest BCUT2D eigenvalue weighted by atomic mass is 16.5. The number of nitrogens with two attached hydrogens (primary N) is 1. The molecule has 0 atom stereocenters. The van der Waals surface area contributed by atoms with E-state index in [9.17, 15) is 0 Å². The van der Waals surface area contributed by atoms with E-state index in [0.717, 1.165) is 12.8 Å². The van der Waals surface area contributed by atoms with Gasteiger partial charge in [0.05, 0.1) is 0 Å². The zero-order chi connectivity index (χ0) is 8.39. The molecule has 0 saturated heterocycles. The molecule has 0 aromatic carbocycles. The first-order valence-electron chi connectivity index (χ1n) is 4.10. The number of rotatable bonds is 2. The first-order chi connectivity index (χ1) is 5.84. The highest BCUT2D eigenvalue weighted by Gasteiger charge is 2.19. The molecule has 1 saturated carbocycles. The summed E-state index contributed by atoms with van der Waals surface area (Å²) in [6, 6.07) is 1.73. The zero-order valence-electron chi connectivity index (χ0n) is 6.73. The molecular weight excluding hydrogens is 154 g/mol. The Balaban J connectivity index is 2.02. The van der Waals surface area contributed by atoms with Gasteiger partial charge >= 0.3 is 0 Å². The highest BCUT2D eigenvalue weighted by Crippen LogP contribution is 2.23. The third-order valence-electron chi connectivity index (χ3n) is 1.99. The fraction of sp³-hybridized carbons (Fsp3) is 0.500. The van der Waals surface area contributed by atoms with Gasteiger partial charge in [0, 0.05) is 12.3 Å². The van der Waals surface area contributed by atoms with Crippen molar-refractivity contribution in [3.05, 3.63) is 12.3 Å². The highest BCUT2D eigenvalue weighted by molar-refractivity contribution is 5.20. The Morgan fingerprint density at radius 3 is 2.92 bits per heavy atom. The molecule has 4 heteroatoms. The van der Waals surface area contributed by atoms with E-state index in [-0.39, 0.29) is 5.95 Å². The van der Waals surface area contributed by atoms with Gasteiger partial charge in [0.15, 0.2) is 0 Å². The van der Waals surface area contributed by atoms with Crippen molar-refractivity contribution in [1.82, 2.24) is 9.97 Å². The molecule has 0 aliphatic heterocycles. The minimum absolute atomic E-state index is 0.270. The lowest BCUT2D eigenvalue weighted by molar-refractivity contribution is 0.114. The molecule has 0 unspecified atom stereocenters. The van der Waals surface area contributed by atoms with Crippen LogP contribution in [0.5, 0.6) is 5.88 Å². The molecule has 4 nitrogen and oxygen atoms in total. The Kier molecular flexibility index (Phi) is 1.81. The van der Waals surface area contributed by atoms with E-state index in [1.165, 1.54) is 6.42 Å². The van der Waals surface area contributed by atoms with Crippen LogP contribution in [0.25, 0.3) is 0 Å². The summed E-state index contributed by atoms with van der Waals surface area (Å²) in [6.07, 6.45) is 5.47. The van der Waals surface area contributed by atoms with Crippen molar-refractivity contribution in [2.24, 2.45) is 0 Å².